The van der Waals surface area contributed by atoms with Gasteiger partial charge in [0.1, 0.15) is 36.1 Å². The lowest BCUT2D eigenvalue weighted by Crippen LogP contribution is -2.72. The molecule has 0 radical (unpaired) electrons. The summed E-state index contributed by atoms with van der Waals surface area (Å²) < 4.78 is 18.4. The molecule has 6 nitrogen and oxygen atoms in total. The first kappa shape index (κ1) is 25.5. The van der Waals surface area contributed by atoms with Crippen molar-refractivity contribution in [3.63, 3.8) is 0 Å². The Labute approximate surface area is 206 Å². The zero-order valence-electron chi connectivity index (χ0n) is 19.9. The summed E-state index contributed by atoms with van der Waals surface area (Å²) >= 11 is 0. The third kappa shape index (κ3) is 5.98. The molecule has 0 bridgehead atoms. The topological polar surface area (TPSA) is 88.4 Å². The van der Waals surface area contributed by atoms with E-state index in [-0.39, 0.29) is 26.2 Å². The highest BCUT2D eigenvalue weighted by Crippen LogP contribution is 2.38. The normalized spacial score (nSPS) is 28.6. The highest BCUT2D eigenvalue weighted by atomic mass is 16.6. The fraction of sp³-hybridized carbons (Fsp3) is 0.379. The summed E-state index contributed by atoms with van der Waals surface area (Å²) in [4.78, 5) is 0. The minimum atomic E-state index is -1.68. The van der Waals surface area contributed by atoms with E-state index < -0.39 is 36.1 Å². The highest BCUT2D eigenvalue weighted by Gasteiger charge is 2.59. The number of ether oxygens (including phenoxy) is 3. The van der Waals surface area contributed by atoms with Crippen LogP contribution in [0.1, 0.15) is 30.0 Å². The first-order valence-electron chi connectivity index (χ1n) is 12.1. The van der Waals surface area contributed by atoms with Crippen LogP contribution >= 0.6 is 0 Å². The molecular weight excluding hydrogens is 444 g/mol. The summed E-state index contributed by atoms with van der Waals surface area (Å²) in [7, 11) is 0. The lowest BCUT2D eigenvalue weighted by atomic mass is 9.73. The Bertz CT molecular complexity index is 1020. The Morgan fingerprint density at radius 1 is 0.629 bits per heavy atom. The second-order valence-corrected chi connectivity index (χ2v) is 9.02. The zero-order chi connectivity index (χ0) is 24.7. The second kappa shape index (κ2) is 11.9. The van der Waals surface area contributed by atoms with Crippen LogP contribution in [0.4, 0.5) is 0 Å². The molecule has 4 rings (SSSR count). The van der Waals surface area contributed by atoms with Gasteiger partial charge in [0.2, 0.25) is 0 Å². The molecule has 0 aromatic heterocycles. The summed E-state index contributed by atoms with van der Waals surface area (Å²) in [5.74, 6) is 0. The van der Waals surface area contributed by atoms with Gasteiger partial charge in [0, 0.05) is 0 Å². The molecule has 3 N–H and O–H groups in total. The van der Waals surface area contributed by atoms with Gasteiger partial charge in [0.25, 0.3) is 0 Å². The van der Waals surface area contributed by atoms with Gasteiger partial charge in [-0.15, -0.1) is 0 Å². The van der Waals surface area contributed by atoms with Crippen LogP contribution < -0.4 is 0 Å². The third-order valence-corrected chi connectivity index (χ3v) is 6.70. The first-order valence-corrected chi connectivity index (χ1v) is 12.1. The van der Waals surface area contributed by atoms with E-state index in [1.807, 2.05) is 91.0 Å². The Morgan fingerprint density at radius 3 is 1.46 bits per heavy atom. The van der Waals surface area contributed by atoms with Crippen molar-refractivity contribution in [2.45, 2.75) is 69.3 Å². The summed E-state index contributed by atoms with van der Waals surface area (Å²) in [6.45, 7) is 2.38. The molecule has 0 aliphatic heterocycles. The van der Waals surface area contributed by atoms with Crippen molar-refractivity contribution < 1.29 is 29.5 Å². The van der Waals surface area contributed by atoms with Gasteiger partial charge in [-0.1, -0.05) is 97.9 Å². The minimum absolute atomic E-state index is 0.181. The third-order valence-electron chi connectivity index (χ3n) is 6.70. The molecule has 0 heterocycles. The molecule has 35 heavy (non-hydrogen) atoms. The maximum absolute atomic E-state index is 11.7. The molecule has 3 aromatic carbocycles. The molecule has 1 fully saturated rings. The molecule has 0 unspecified atom stereocenters. The molecule has 186 valence electrons. The van der Waals surface area contributed by atoms with Crippen LogP contribution in [0.25, 0.3) is 0 Å². The highest BCUT2D eigenvalue weighted by molar-refractivity contribution is 5.17. The lowest BCUT2D eigenvalue weighted by molar-refractivity contribution is -0.299. The molecule has 6 atom stereocenters. The number of benzene rings is 3. The molecule has 0 saturated heterocycles. The van der Waals surface area contributed by atoms with Crippen molar-refractivity contribution in [3.8, 4) is 0 Å². The smallest absolute Gasteiger partial charge is 0.122 e. The monoisotopic (exact) mass is 478 g/mol. The molecule has 1 saturated carbocycles. The van der Waals surface area contributed by atoms with Crippen molar-refractivity contribution in [1.82, 2.24) is 0 Å². The van der Waals surface area contributed by atoms with Gasteiger partial charge in [-0.25, -0.2) is 0 Å². The van der Waals surface area contributed by atoms with E-state index in [9.17, 15) is 15.3 Å². The Hall–Kier alpha value is -2.58. The van der Waals surface area contributed by atoms with Crippen molar-refractivity contribution in [2.24, 2.45) is 0 Å². The Morgan fingerprint density at radius 2 is 1.03 bits per heavy atom. The Balaban J connectivity index is 1.58. The van der Waals surface area contributed by atoms with E-state index in [1.165, 1.54) is 0 Å². The number of aliphatic hydroxyl groups is 3. The van der Waals surface area contributed by atoms with Gasteiger partial charge < -0.3 is 29.5 Å². The number of rotatable bonds is 10. The predicted molar refractivity (Wildman–Crippen MR) is 132 cm³/mol. The van der Waals surface area contributed by atoms with Crippen molar-refractivity contribution in [2.75, 3.05) is 0 Å². The Kier molecular flexibility index (Phi) is 8.68. The number of hydrogen-bond acceptors (Lipinski definition) is 6. The summed E-state index contributed by atoms with van der Waals surface area (Å²) in [6.07, 6.45) is -5.35. The SMILES string of the molecule is CC[C@]1(O)[C@H](O)[C@@H](OCc2ccccc2)[C@H](O)[C@H](OCc2ccccc2)[C@@H]1OCc1ccccc1. The summed E-state index contributed by atoms with van der Waals surface area (Å²) in [5, 5.41) is 34.3. The van der Waals surface area contributed by atoms with E-state index in [0.717, 1.165) is 16.7 Å². The van der Waals surface area contributed by atoms with Crippen LogP contribution in [0.2, 0.25) is 0 Å². The molecule has 0 spiro atoms. The van der Waals surface area contributed by atoms with Crippen molar-refractivity contribution in [3.05, 3.63) is 108 Å². The van der Waals surface area contributed by atoms with Gasteiger partial charge in [0.15, 0.2) is 0 Å². The van der Waals surface area contributed by atoms with Gasteiger partial charge >= 0.3 is 0 Å². The predicted octanol–water partition coefficient (Wildman–Crippen LogP) is 3.62. The van der Waals surface area contributed by atoms with Crippen LogP contribution in [0.3, 0.4) is 0 Å². The quantitative estimate of drug-likeness (QED) is 0.413. The van der Waals surface area contributed by atoms with Crippen LogP contribution in [-0.2, 0) is 34.0 Å². The minimum Gasteiger partial charge on any atom is -0.387 e. The van der Waals surface area contributed by atoms with E-state index >= 15 is 0 Å². The largest absolute Gasteiger partial charge is 0.387 e. The lowest BCUT2D eigenvalue weighted by Gasteiger charge is -2.51. The average molecular weight is 479 g/mol. The van der Waals surface area contributed by atoms with Crippen LogP contribution in [-0.4, -0.2) is 51.4 Å². The maximum Gasteiger partial charge on any atom is 0.122 e. The van der Waals surface area contributed by atoms with E-state index in [2.05, 4.69) is 0 Å². The molecule has 3 aromatic rings. The van der Waals surface area contributed by atoms with Gasteiger partial charge in [0.05, 0.1) is 19.8 Å². The number of hydrogen-bond donors (Lipinski definition) is 3. The van der Waals surface area contributed by atoms with Gasteiger partial charge in [-0.3, -0.25) is 0 Å². The molecular formula is C29H34O6. The second-order valence-electron chi connectivity index (χ2n) is 9.02. The van der Waals surface area contributed by atoms with Crippen molar-refractivity contribution in [1.29, 1.82) is 0 Å². The summed E-state index contributed by atoms with van der Waals surface area (Å²) in [6, 6.07) is 28.7. The maximum atomic E-state index is 11.7. The van der Waals surface area contributed by atoms with Crippen LogP contribution in [0, 0.1) is 0 Å². The molecule has 1 aliphatic carbocycles. The van der Waals surface area contributed by atoms with Crippen molar-refractivity contribution >= 4 is 0 Å². The van der Waals surface area contributed by atoms with Crippen LogP contribution in [0.15, 0.2) is 91.0 Å². The zero-order valence-corrected chi connectivity index (χ0v) is 19.9. The number of aliphatic hydroxyl groups excluding tert-OH is 2. The average Bonchev–Trinajstić information content (AvgIpc) is 2.91. The fourth-order valence-electron chi connectivity index (χ4n) is 4.61. The van der Waals surface area contributed by atoms with E-state index in [1.54, 1.807) is 6.92 Å². The summed E-state index contributed by atoms with van der Waals surface area (Å²) in [5.41, 5.74) is 1.06. The molecule has 0 amide bonds. The fourth-order valence-corrected chi connectivity index (χ4v) is 4.61. The van der Waals surface area contributed by atoms with Crippen LogP contribution in [0.5, 0.6) is 0 Å². The van der Waals surface area contributed by atoms with E-state index in [0.29, 0.717) is 0 Å². The van der Waals surface area contributed by atoms with Gasteiger partial charge in [-0.05, 0) is 23.1 Å². The standard InChI is InChI=1S/C29H34O6/c1-2-29(32)27(31)25(33-18-21-12-6-3-7-13-21)24(30)26(34-19-22-14-8-4-9-15-22)28(29)35-20-23-16-10-5-11-17-23/h3-17,24-28,30-32H,2,18-20H2,1H3/t24-,25-,26-,27+,28-,29-/m0/s1. The molecule has 6 heteroatoms. The first-order chi connectivity index (χ1) is 17.0. The molecule has 1 aliphatic rings. The van der Waals surface area contributed by atoms with Gasteiger partial charge in [-0.2, -0.15) is 0 Å². The van der Waals surface area contributed by atoms with E-state index in [4.69, 9.17) is 14.2 Å².